The zero-order chi connectivity index (χ0) is 15.2. The van der Waals surface area contributed by atoms with Crippen LogP contribution in [0.15, 0.2) is 35.8 Å². The average molecular weight is 313 g/mol. The lowest BCUT2D eigenvalue weighted by atomic mass is 10.2. The van der Waals surface area contributed by atoms with Crippen LogP contribution in [0.3, 0.4) is 0 Å². The minimum atomic E-state index is 0.808. The Morgan fingerprint density at radius 3 is 2.86 bits per heavy atom. The Morgan fingerprint density at radius 1 is 1.27 bits per heavy atom. The lowest BCUT2D eigenvalue weighted by Crippen LogP contribution is -2.46. The largest absolute Gasteiger partial charge is 0.497 e. The molecule has 114 valence electrons. The predicted molar refractivity (Wildman–Crippen MR) is 90.6 cm³/mol. The fraction of sp³-hybridized carbons (Fsp3) is 0.353. The molecule has 2 heterocycles. The van der Waals surface area contributed by atoms with Crippen molar-refractivity contribution >= 4 is 16.5 Å². The van der Waals surface area contributed by atoms with Crippen molar-refractivity contribution in [2.45, 2.75) is 0 Å². The summed E-state index contributed by atoms with van der Waals surface area (Å²) >= 11 is 1.71. The molecule has 0 atom stereocenters. The van der Waals surface area contributed by atoms with Crippen molar-refractivity contribution in [3.8, 4) is 17.6 Å². The summed E-state index contributed by atoms with van der Waals surface area (Å²) < 4.78 is 5.21. The van der Waals surface area contributed by atoms with E-state index in [0.29, 0.717) is 0 Å². The first-order chi connectivity index (χ1) is 10.8. The van der Waals surface area contributed by atoms with Crippen molar-refractivity contribution < 1.29 is 4.74 Å². The van der Waals surface area contributed by atoms with Crippen LogP contribution in [0.25, 0.3) is 0 Å². The smallest absolute Gasteiger partial charge is 0.185 e. The lowest BCUT2D eigenvalue weighted by Gasteiger charge is -2.33. The van der Waals surface area contributed by atoms with Crippen LogP contribution in [-0.2, 0) is 0 Å². The van der Waals surface area contributed by atoms with Gasteiger partial charge < -0.3 is 9.64 Å². The van der Waals surface area contributed by atoms with Crippen LogP contribution in [-0.4, -0.2) is 49.7 Å². The summed E-state index contributed by atoms with van der Waals surface area (Å²) in [5.74, 6) is 7.32. The molecule has 0 amide bonds. The molecular formula is C17H19N3OS. The molecule has 1 fully saturated rings. The molecule has 0 unspecified atom stereocenters. The second-order valence-corrected chi connectivity index (χ2v) is 5.98. The minimum Gasteiger partial charge on any atom is -0.497 e. The molecule has 0 spiro atoms. The highest BCUT2D eigenvalue weighted by Crippen LogP contribution is 2.18. The van der Waals surface area contributed by atoms with Crippen LogP contribution < -0.4 is 9.64 Å². The van der Waals surface area contributed by atoms with E-state index in [1.165, 1.54) is 0 Å². The van der Waals surface area contributed by atoms with E-state index in [4.69, 9.17) is 4.74 Å². The number of nitrogens with zero attached hydrogens (tertiary/aromatic N) is 3. The zero-order valence-electron chi connectivity index (χ0n) is 12.7. The standard InChI is InChI=1S/C17H19N3OS/c1-21-16-6-2-4-15(14-16)5-3-8-19-9-11-20(12-10-19)17-18-7-13-22-17/h2,4,6-7,13-14H,8-12H2,1H3. The average Bonchev–Trinajstić information content (AvgIpc) is 3.10. The minimum absolute atomic E-state index is 0.808. The number of rotatable bonds is 3. The van der Waals surface area contributed by atoms with Crippen LogP contribution >= 0.6 is 11.3 Å². The molecule has 1 saturated heterocycles. The molecule has 0 saturated carbocycles. The number of piperazine rings is 1. The van der Waals surface area contributed by atoms with E-state index in [1.807, 2.05) is 35.8 Å². The summed E-state index contributed by atoms with van der Waals surface area (Å²) in [5, 5.41) is 3.16. The van der Waals surface area contributed by atoms with Crippen LogP contribution in [0.1, 0.15) is 5.56 Å². The Bertz CT molecular complexity index is 652. The summed E-state index contributed by atoms with van der Waals surface area (Å²) in [5.41, 5.74) is 1.00. The van der Waals surface area contributed by atoms with Gasteiger partial charge in [0.15, 0.2) is 5.13 Å². The van der Waals surface area contributed by atoms with Gasteiger partial charge in [0.05, 0.1) is 13.7 Å². The number of methoxy groups -OCH3 is 1. The van der Waals surface area contributed by atoms with E-state index in [2.05, 4.69) is 26.6 Å². The first kappa shape index (κ1) is 14.9. The molecule has 0 N–H and O–H groups in total. The van der Waals surface area contributed by atoms with Gasteiger partial charge in [0.25, 0.3) is 0 Å². The van der Waals surface area contributed by atoms with Gasteiger partial charge in [0.1, 0.15) is 5.75 Å². The van der Waals surface area contributed by atoms with Crippen molar-refractivity contribution in [2.75, 3.05) is 44.7 Å². The molecule has 22 heavy (non-hydrogen) atoms. The Kier molecular flexibility index (Phi) is 4.94. The first-order valence-electron chi connectivity index (χ1n) is 7.35. The highest BCUT2D eigenvalue weighted by atomic mass is 32.1. The summed E-state index contributed by atoms with van der Waals surface area (Å²) in [6, 6.07) is 7.88. The van der Waals surface area contributed by atoms with Gasteiger partial charge in [-0.15, -0.1) is 11.3 Å². The maximum Gasteiger partial charge on any atom is 0.185 e. The maximum atomic E-state index is 5.21. The van der Waals surface area contributed by atoms with Gasteiger partial charge in [-0.05, 0) is 18.2 Å². The van der Waals surface area contributed by atoms with Gasteiger partial charge in [-0.1, -0.05) is 17.9 Å². The second-order valence-electron chi connectivity index (χ2n) is 5.11. The monoisotopic (exact) mass is 313 g/mol. The Morgan fingerprint density at radius 2 is 2.14 bits per heavy atom. The SMILES string of the molecule is COc1cccc(C#CCN2CCN(c3nccs3)CC2)c1. The number of benzene rings is 1. The fourth-order valence-electron chi connectivity index (χ4n) is 2.42. The number of thiazole rings is 1. The number of aromatic nitrogens is 1. The van der Waals surface area contributed by atoms with Crippen LogP contribution in [0, 0.1) is 11.8 Å². The van der Waals surface area contributed by atoms with E-state index in [1.54, 1.807) is 18.4 Å². The molecule has 1 aromatic carbocycles. The summed E-state index contributed by atoms with van der Waals surface area (Å²) in [6.45, 7) is 4.92. The Balaban J connectivity index is 1.50. The van der Waals surface area contributed by atoms with Crippen LogP contribution in [0.5, 0.6) is 5.75 Å². The lowest BCUT2D eigenvalue weighted by molar-refractivity contribution is 0.288. The van der Waals surface area contributed by atoms with Gasteiger partial charge in [0.2, 0.25) is 0 Å². The Labute approximate surface area is 135 Å². The summed E-state index contributed by atoms with van der Waals surface area (Å²) in [6.07, 6.45) is 1.87. The van der Waals surface area contributed by atoms with Gasteiger partial charge in [-0.25, -0.2) is 4.98 Å². The first-order valence-corrected chi connectivity index (χ1v) is 8.23. The van der Waals surface area contributed by atoms with E-state index in [9.17, 15) is 0 Å². The van der Waals surface area contributed by atoms with Crippen molar-refractivity contribution in [1.82, 2.24) is 9.88 Å². The van der Waals surface area contributed by atoms with Crippen molar-refractivity contribution in [1.29, 1.82) is 0 Å². The van der Waals surface area contributed by atoms with Crippen LogP contribution in [0.2, 0.25) is 0 Å². The third-order valence-electron chi connectivity index (χ3n) is 3.67. The zero-order valence-corrected chi connectivity index (χ0v) is 13.5. The third kappa shape index (κ3) is 3.79. The molecule has 0 aliphatic carbocycles. The van der Waals surface area contributed by atoms with Crippen molar-refractivity contribution in [3.63, 3.8) is 0 Å². The topological polar surface area (TPSA) is 28.6 Å². The van der Waals surface area contributed by atoms with Gasteiger partial charge >= 0.3 is 0 Å². The molecular weight excluding hydrogens is 294 g/mol. The van der Waals surface area contributed by atoms with E-state index < -0.39 is 0 Å². The molecule has 5 heteroatoms. The van der Waals surface area contributed by atoms with Gasteiger partial charge in [-0.2, -0.15) is 0 Å². The highest BCUT2D eigenvalue weighted by Gasteiger charge is 2.17. The molecule has 3 rings (SSSR count). The molecule has 0 radical (unpaired) electrons. The third-order valence-corrected chi connectivity index (χ3v) is 4.50. The van der Waals surface area contributed by atoms with Crippen molar-refractivity contribution in [3.05, 3.63) is 41.4 Å². The van der Waals surface area contributed by atoms with Gasteiger partial charge in [-0.3, -0.25) is 4.90 Å². The van der Waals surface area contributed by atoms with E-state index >= 15 is 0 Å². The number of ether oxygens (including phenoxy) is 1. The van der Waals surface area contributed by atoms with Gasteiger partial charge in [0, 0.05) is 43.3 Å². The molecule has 1 aliphatic heterocycles. The number of hydrogen-bond donors (Lipinski definition) is 0. The van der Waals surface area contributed by atoms with Crippen LogP contribution in [0.4, 0.5) is 5.13 Å². The number of hydrogen-bond acceptors (Lipinski definition) is 5. The van der Waals surface area contributed by atoms with E-state index in [-0.39, 0.29) is 0 Å². The van der Waals surface area contributed by atoms with Crippen molar-refractivity contribution in [2.24, 2.45) is 0 Å². The fourth-order valence-corrected chi connectivity index (χ4v) is 3.12. The number of anilines is 1. The normalized spacial score (nSPS) is 15.2. The quantitative estimate of drug-likeness (QED) is 0.813. The highest BCUT2D eigenvalue weighted by molar-refractivity contribution is 7.13. The summed E-state index contributed by atoms with van der Waals surface area (Å²) in [4.78, 5) is 9.10. The molecule has 1 aromatic heterocycles. The summed E-state index contributed by atoms with van der Waals surface area (Å²) in [7, 11) is 1.68. The Hall–Kier alpha value is -2.03. The molecule has 2 aromatic rings. The maximum absolute atomic E-state index is 5.21. The van der Waals surface area contributed by atoms with E-state index in [0.717, 1.165) is 49.2 Å². The molecule has 1 aliphatic rings. The predicted octanol–water partition coefficient (Wildman–Crippen LogP) is 2.33. The second kappa shape index (κ2) is 7.30. The molecule has 4 nitrogen and oxygen atoms in total. The molecule has 0 bridgehead atoms.